The molecule has 3 aromatic rings. The summed E-state index contributed by atoms with van der Waals surface area (Å²) in [7, 11) is 6.29. The maximum atomic E-state index is 12.6. The molecular formula is C21H25N7O5. The highest BCUT2D eigenvalue weighted by atomic mass is 16.5. The summed E-state index contributed by atoms with van der Waals surface area (Å²) in [6.45, 7) is 0.145. The van der Waals surface area contributed by atoms with E-state index in [9.17, 15) is 19.2 Å². The zero-order valence-corrected chi connectivity index (χ0v) is 18.7. The van der Waals surface area contributed by atoms with Crippen molar-refractivity contribution in [3.05, 3.63) is 54.0 Å². The van der Waals surface area contributed by atoms with Gasteiger partial charge in [0.15, 0.2) is 5.82 Å². The van der Waals surface area contributed by atoms with Crippen LogP contribution in [0.15, 0.2) is 36.8 Å². The molecule has 0 aliphatic rings. The highest BCUT2D eigenvalue weighted by molar-refractivity contribution is 6.03. The van der Waals surface area contributed by atoms with Crippen molar-refractivity contribution in [3.8, 4) is 0 Å². The Hall–Kier alpha value is -4.35. The summed E-state index contributed by atoms with van der Waals surface area (Å²) in [6.07, 6.45) is 4.86. The Labute approximate surface area is 189 Å². The summed E-state index contributed by atoms with van der Waals surface area (Å²) in [4.78, 5) is 52.7. The van der Waals surface area contributed by atoms with Gasteiger partial charge in [-0.15, -0.1) is 0 Å². The molecule has 0 aromatic carbocycles. The van der Waals surface area contributed by atoms with E-state index in [0.717, 1.165) is 0 Å². The number of ether oxygens (including phenoxy) is 1. The van der Waals surface area contributed by atoms with Crippen molar-refractivity contribution in [3.63, 3.8) is 0 Å². The van der Waals surface area contributed by atoms with Crippen molar-refractivity contribution in [2.45, 2.75) is 6.42 Å². The first kappa shape index (κ1) is 23.3. The molecule has 12 heteroatoms. The molecule has 3 amide bonds. The zero-order chi connectivity index (χ0) is 24.1. The number of imidazole rings is 1. The second kappa shape index (κ2) is 9.85. The minimum atomic E-state index is -0.528. The van der Waals surface area contributed by atoms with E-state index in [2.05, 4.69) is 20.9 Å². The van der Waals surface area contributed by atoms with E-state index in [1.54, 1.807) is 50.2 Å². The molecule has 174 valence electrons. The molecule has 0 bridgehead atoms. The lowest BCUT2D eigenvalue weighted by molar-refractivity contribution is -0.116. The number of methoxy groups -OCH3 is 1. The Balaban J connectivity index is 1.54. The van der Waals surface area contributed by atoms with Gasteiger partial charge in [-0.25, -0.2) is 9.78 Å². The number of nitrogens with one attached hydrogen (secondary N) is 3. The number of rotatable bonds is 8. The molecule has 3 rings (SSSR count). The number of amides is 3. The summed E-state index contributed by atoms with van der Waals surface area (Å²) < 4.78 is 9.37. The van der Waals surface area contributed by atoms with Crippen LogP contribution in [-0.2, 0) is 30.7 Å². The van der Waals surface area contributed by atoms with E-state index in [0.29, 0.717) is 11.4 Å². The molecule has 3 aromatic heterocycles. The van der Waals surface area contributed by atoms with Gasteiger partial charge in [0.1, 0.15) is 11.4 Å². The largest absolute Gasteiger partial charge is 0.464 e. The quantitative estimate of drug-likeness (QED) is 0.431. The minimum absolute atomic E-state index is 0.0363. The number of nitrogens with zero attached hydrogens (tertiary/aromatic N) is 4. The van der Waals surface area contributed by atoms with Gasteiger partial charge in [0.05, 0.1) is 12.8 Å². The van der Waals surface area contributed by atoms with Crippen molar-refractivity contribution < 1.29 is 23.9 Å². The van der Waals surface area contributed by atoms with Crippen molar-refractivity contribution in [2.75, 3.05) is 24.3 Å². The van der Waals surface area contributed by atoms with E-state index < -0.39 is 11.9 Å². The molecule has 0 saturated carbocycles. The molecule has 0 atom stereocenters. The van der Waals surface area contributed by atoms with Crippen LogP contribution in [0, 0.1) is 0 Å². The molecular weight excluding hydrogens is 430 g/mol. The van der Waals surface area contributed by atoms with Crippen LogP contribution in [0.5, 0.6) is 0 Å². The number of aromatic nitrogens is 4. The summed E-state index contributed by atoms with van der Waals surface area (Å²) in [5.74, 6) is -1.42. The number of hydrogen-bond donors (Lipinski definition) is 3. The third-order valence-corrected chi connectivity index (χ3v) is 4.82. The molecule has 0 aliphatic heterocycles. The standard InChI is InChI=1S/C21H25N7O5/c1-26-9-5-6-14(26)19(30)22-8-7-17(29)24-16-12-28(3)18(25-16)20(31)23-13-10-15(21(32)33-4)27(2)11-13/h5-6,9-12H,7-8H2,1-4H3,(H,22,30)(H,23,31)(H,24,29). The number of hydrogen-bond acceptors (Lipinski definition) is 6. The van der Waals surface area contributed by atoms with E-state index in [1.807, 2.05) is 0 Å². The lowest BCUT2D eigenvalue weighted by Gasteiger charge is -2.06. The maximum Gasteiger partial charge on any atom is 0.354 e. The average molecular weight is 455 g/mol. The monoisotopic (exact) mass is 455 g/mol. The number of carbonyl (C=O) groups is 4. The van der Waals surface area contributed by atoms with E-state index in [-0.39, 0.29) is 42.1 Å². The van der Waals surface area contributed by atoms with Crippen molar-refractivity contribution in [1.29, 1.82) is 0 Å². The first-order valence-electron chi connectivity index (χ1n) is 9.98. The van der Waals surface area contributed by atoms with Crippen LogP contribution in [-0.4, -0.2) is 56.0 Å². The predicted octanol–water partition coefficient (Wildman–Crippen LogP) is 0.895. The summed E-state index contributed by atoms with van der Waals surface area (Å²) >= 11 is 0. The molecule has 0 saturated heterocycles. The molecule has 33 heavy (non-hydrogen) atoms. The Morgan fingerprint density at radius 2 is 1.73 bits per heavy atom. The third-order valence-electron chi connectivity index (χ3n) is 4.82. The highest BCUT2D eigenvalue weighted by Gasteiger charge is 2.18. The second-order valence-corrected chi connectivity index (χ2v) is 7.29. The van der Waals surface area contributed by atoms with Gasteiger partial charge in [0, 0.05) is 52.7 Å². The van der Waals surface area contributed by atoms with Crippen molar-refractivity contribution >= 4 is 35.2 Å². The van der Waals surface area contributed by atoms with Gasteiger partial charge in [-0.1, -0.05) is 0 Å². The van der Waals surface area contributed by atoms with Gasteiger partial charge in [-0.2, -0.15) is 0 Å². The first-order valence-corrected chi connectivity index (χ1v) is 9.98. The zero-order valence-electron chi connectivity index (χ0n) is 18.7. The van der Waals surface area contributed by atoms with Gasteiger partial charge in [-0.05, 0) is 18.2 Å². The Bertz CT molecular complexity index is 1200. The molecule has 0 spiro atoms. The number of carbonyl (C=O) groups excluding carboxylic acids is 4. The molecule has 0 unspecified atom stereocenters. The number of esters is 1. The SMILES string of the molecule is COC(=O)c1cc(NC(=O)c2nc(NC(=O)CCNC(=O)c3cccn3C)cn2C)cn1C. The fraction of sp³-hybridized carbons (Fsp3) is 0.286. The molecule has 0 fully saturated rings. The topological polar surface area (TPSA) is 141 Å². The van der Waals surface area contributed by atoms with Crippen LogP contribution in [0.25, 0.3) is 0 Å². The Morgan fingerprint density at radius 1 is 0.970 bits per heavy atom. The Morgan fingerprint density at radius 3 is 2.39 bits per heavy atom. The van der Waals surface area contributed by atoms with Gasteiger partial charge in [-0.3, -0.25) is 14.4 Å². The first-order chi connectivity index (χ1) is 15.7. The fourth-order valence-corrected chi connectivity index (χ4v) is 3.15. The van der Waals surface area contributed by atoms with E-state index in [1.165, 1.54) is 28.5 Å². The molecule has 0 aliphatic carbocycles. The van der Waals surface area contributed by atoms with Gasteiger partial charge in [0.25, 0.3) is 11.8 Å². The lowest BCUT2D eigenvalue weighted by Crippen LogP contribution is -2.29. The van der Waals surface area contributed by atoms with E-state index in [4.69, 9.17) is 4.74 Å². The summed E-state index contributed by atoms with van der Waals surface area (Å²) in [6, 6.07) is 4.92. The third kappa shape index (κ3) is 5.47. The lowest BCUT2D eigenvalue weighted by atomic mass is 10.3. The van der Waals surface area contributed by atoms with Crippen LogP contribution in [0.2, 0.25) is 0 Å². The Kier molecular flexibility index (Phi) is 6.96. The molecule has 3 N–H and O–H groups in total. The predicted molar refractivity (Wildman–Crippen MR) is 119 cm³/mol. The summed E-state index contributed by atoms with van der Waals surface area (Å²) in [5, 5.41) is 7.94. The minimum Gasteiger partial charge on any atom is -0.464 e. The summed E-state index contributed by atoms with van der Waals surface area (Å²) in [5.41, 5.74) is 1.16. The van der Waals surface area contributed by atoms with E-state index >= 15 is 0 Å². The fourth-order valence-electron chi connectivity index (χ4n) is 3.15. The van der Waals surface area contributed by atoms with Gasteiger partial charge >= 0.3 is 5.97 Å². The number of anilines is 2. The van der Waals surface area contributed by atoms with Crippen LogP contribution < -0.4 is 16.0 Å². The number of aryl methyl sites for hydroxylation is 3. The van der Waals surface area contributed by atoms with Gasteiger partial charge in [0.2, 0.25) is 11.7 Å². The average Bonchev–Trinajstić information content (AvgIpc) is 3.45. The molecule has 0 radical (unpaired) electrons. The molecule has 3 heterocycles. The maximum absolute atomic E-state index is 12.6. The molecule has 12 nitrogen and oxygen atoms in total. The highest BCUT2D eigenvalue weighted by Crippen LogP contribution is 2.16. The van der Waals surface area contributed by atoms with Gasteiger partial charge < -0.3 is 34.4 Å². The second-order valence-electron chi connectivity index (χ2n) is 7.29. The van der Waals surface area contributed by atoms with Crippen LogP contribution in [0.4, 0.5) is 11.5 Å². The van der Waals surface area contributed by atoms with Crippen LogP contribution >= 0.6 is 0 Å². The van der Waals surface area contributed by atoms with Crippen LogP contribution in [0.3, 0.4) is 0 Å². The van der Waals surface area contributed by atoms with Crippen molar-refractivity contribution in [2.24, 2.45) is 21.1 Å². The van der Waals surface area contributed by atoms with Crippen LogP contribution in [0.1, 0.15) is 38.0 Å². The smallest absolute Gasteiger partial charge is 0.354 e. The van der Waals surface area contributed by atoms with Crippen molar-refractivity contribution in [1.82, 2.24) is 24.0 Å². The normalized spacial score (nSPS) is 10.5.